The summed E-state index contributed by atoms with van der Waals surface area (Å²) in [5.41, 5.74) is 6.60. The van der Waals surface area contributed by atoms with Gasteiger partial charge in [-0.25, -0.2) is 4.39 Å². The van der Waals surface area contributed by atoms with E-state index in [1.54, 1.807) is 19.2 Å². The zero-order chi connectivity index (χ0) is 8.97. The van der Waals surface area contributed by atoms with Gasteiger partial charge in [0, 0.05) is 7.11 Å². The van der Waals surface area contributed by atoms with E-state index in [-0.39, 0.29) is 11.9 Å². The first-order chi connectivity index (χ1) is 5.74. The van der Waals surface area contributed by atoms with Gasteiger partial charge in [-0.15, -0.1) is 0 Å². The van der Waals surface area contributed by atoms with Crippen LogP contribution in [0.3, 0.4) is 0 Å². The molecule has 12 heavy (non-hydrogen) atoms. The summed E-state index contributed by atoms with van der Waals surface area (Å²) in [6.45, 7) is 0.450. The molecule has 1 atom stereocenters. The number of nitrogens with two attached hydrogens (primary N) is 1. The van der Waals surface area contributed by atoms with Crippen LogP contribution in [-0.4, -0.2) is 13.7 Å². The smallest absolute Gasteiger partial charge is 0.123 e. The van der Waals surface area contributed by atoms with Gasteiger partial charge in [0.15, 0.2) is 0 Å². The van der Waals surface area contributed by atoms with Gasteiger partial charge in [-0.05, 0) is 17.7 Å². The summed E-state index contributed by atoms with van der Waals surface area (Å²) in [5.74, 6) is -0.247. The highest BCUT2D eigenvalue weighted by Crippen LogP contribution is 2.10. The van der Waals surface area contributed by atoms with E-state index in [0.717, 1.165) is 5.56 Å². The molecular formula is C9H12FNO. The third-order valence-electron chi connectivity index (χ3n) is 1.64. The van der Waals surface area contributed by atoms with Crippen molar-refractivity contribution in [2.45, 2.75) is 6.04 Å². The van der Waals surface area contributed by atoms with Gasteiger partial charge in [0.1, 0.15) is 5.82 Å². The number of hydrogen-bond acceptors (Lipinski definition) is 2. The molecule has 1 aromatic carbocycles. The number of hydrogen-bond donors (Lipinski definition) is 1. The van der Waals surface area contributed by atoms with Crippen LogP contribution in [0.15, 0.2) is 24.3 Å². The minimum atomic E-state index is -0.247. The molecule has 1 rings (SSSR count). The van der Waals surface area contributed by atoms with Crippen molar-refractivity contribution in [1.82, 2.24) is 0 Å². The average molecular weight is 169 g/mol. The summed E-state index contributed by atoms with van der Waals surface area (Å²) >= 11 is 0. The summed E-state index contributed by atoms with van der Waals surface area (Å²) in [6, 6.07) is 5.95. The maximum absolute atomic E-state index is 12.5. The van der Waals surface area contributed by atoms with Gasteiger partial charge in [0.25, 0.3) is 0 Å². The van der Waals surface area contributed by atoms with E-state index in [1.165, 1.54) is 12.1 Å². The fraction of sp³-hybridized carbons (Fsp3) is 0.333. The minimum Gasteiger partial charge on any atom is -0.383 e. The van der Waals surface area contributed by atoms with E-state index in [4.69, 9.17) is 10.5 Å². The highest BCUT2D eigenvalue weighted by Gasteiger charge is 2.04. The fourth-order valence-electron chi connectivity index (χ4n) is 0.986. The molecule has 0 saturated carbocycles. The average Bonchev–Trinajstić information content (AvgIpc) is 2.06. The molecule has 0 fully saturated rings. The third kappa shape index (κ3) is 2.29. The highest BCUT2D eigenvalue weighted by molar-refractivity contribution is 5.19. The molecule has 0 heterocycles. The van der Waals surface area contributed by atoms with Crippen LogP contribution in [0.4, 0.5) is 4.39 Å². The molecule has 66 valence electrons. The van der Waals surface area contributed by atoms with Gasteiger partial charge in [-0.1, -0.05) is 12.1 Å². The van der Waals surface area contributed by atoms with Crippen molar-refractivity contribution in [1.29, 1.82) is 0 Å². The standard InChI is InChI=1S/C9H12FNO/c1-12-6-9(11)7-2-4-8(10)5-3-7/h2-5,9H,6,11H2,1H3/t9-/m1/s1. The first-order valence-corrected chi connectivity index (χ1v) is 3.74. The molecule has 0 aromatic heterocycles. The Morgan fingerprint density at radius 2 is 2.00 bits per heavy atom. The normalized spacial score (nSPS) is 12.9. The van der Waals surface area contributed by atoms with Crippen molar-refractivity contribution in [3.63, 3.8) is 0 Å². The van der Waals surface area contributed by atoms with E-state index in [2.05, 4.69) is 0 Å². The summed E-state index contributed by atoms with van der Waals surface area (Å²) in [5, 5.41) is 0. The Balaban J connectivity index is 2.68. The van der Waals surface area contributed by atoms with Crippen molar-refractivity contribution in [2.75, 3.05) is 13.7 Å². The monoisotopic (exact) mass is 169 g/mol. The second kappa shape index (κ2) is 4.18. The first-order valence-electron chi connectivity index (χ1n) is 3.74. The molecule has 2 nitrogen and oxygen atoms in total. The lowest BCUT2D eigenvalue weighted by atomic mass is 10.1. The molecule has 0 aliphatic heterocycles. The van der Waals surface area contributed by atoms with Crippen LogP contribution < -0.4 is 5.73 Å². The van der Waals surface area contributed by atoms with Crippen molar-refractivity contribution in [3.05, 3.63) is 35.6 Å². The fourth-order valence-corrected chi connectivity index (χ4v) is 0.986. The Morgan fingerprint density at radius 1 is 1.42 bits per heavy atom. The second-order valence-electron chi connectivity index (χ2n) is 2.61. The number of ether oxygens (including phenoxy) is 1. The van der Waals surface area contributed by atoms with Crippen LogP contribution in [-0.2, 0) is 4.74 Å². The molecule has 0 aliphatic carbocycles. The summed E-state index contributed by atoms with van der Waals surface area (Å²) in [7, 11) is 1.59. The third-order valence-corrected chi connectivity index (χ3v) is 1.64. The maximum atomic E-state index is 12.5. The van der Waals surface area contributed by atoms with Gasteiger partial charge in [0.2, 0.25) is 0 Å². The zero-order valence-electron chi connectivity index (χ0n) is 6.96. The minimum absolute atomic E-state index is 0.171. The van der Waals surface area contributed by atoms with Crippen LogP contribution in [0.1, 0.15) is 11.6 Å². The molecule has 1 aromatic rings. The maximum Gasteiger partial charge on any atom is 0.123 e. The van der Waals surface area contributed by atoms with Gasteiger partial charge >= 0.3 is 0 Å². The lowest BCUT2D eigenvalue weighted by Crippen LogP contribution is -2.15. The summed E-state index contributed by atoms with van der Waals surface area (Å²) in [4.78, 5) is 0. The Bertz CT molecular complexity index is 235. The van der Waals surface area contributed by atoms with Crippen LogP contribution in [0, 0.1) is 5.82 Å². The van der Waals surface area contributed by atoms with E-state index < -0.39 is 0 Å². The van der Waals surface area contributed by atoms with Gasteiger partial charge in [0.05, 0.1) is 12.6 Å². The predicted molar refractivity (Wildman–Crippen MR) is 45.2 cm³/mol. The molecular weight excluding hydrogens is 157 g/mol. The van der Waals surface area contributed by atoms with Crippen LogP contribution in [0.25, 0.3) is 0 Å². The summed E-state index contributed by atoms with van der Waals surface area (Å²) in [6.07, 6.45) is 0. The van der Waals surface area contributed by atoms with Crippen molar-refractivity contribution < 1.29 is 9.13 Å². The molecule has 0 radical (unpaired) electrons. The molecule has 0 aliphatic rings. The van der Waals surface area contributed by atoms with E-state index in [1.807, 2.05) is 0 Å². The van der Waals surface area contributed by atoms with Crippen molar-refractivity contribution in [2.24, 2.45) is 5.73 Å². The Labute approximate surface area is 71.1 Å². The lowest BCUT2D eigenvalue weighted by Gasteiger charge is -2.09. The van der Waals surface area contributed by atoms with E-state index in [9.17, 15) is 4.39 Å². The molecule has 2 N–H and O–H groups in total. The van der Waals surface area contributed by atoms with Crippen LogP contribution >= 0.6 is 0 Å². The van der Waals surface area contributed by atoms with Gasteiger partial charge < -0.3 is 10.5 Å². The first kappa shape index (κ1) is 9.16. The topological polar surface area (TPSA) is 35.2 Å². The zero-order valence-corrected chi connectivity index (χ0v) is 6.96. The van der Waals surface area contributed by atoms with Crippen molar-refractivity contribution in [3.8, 4) is 0 Å². The molecule has 3 heteroatoms. The van der Waals surface area contributed by atoms with Crippen LogP contribution in [0.2, 0.25) is 0 Å². The highest BCUT2D eigenvalue weighted by atomic mass is 19.1. The Morgan fingerprint density at radius 3 is 2.50 bits per heavy atom. The van der Waals surface area contributed by atoms with Crippen molar-refractivity contribution >= 4 is 0 Å². The Hall–Kier alpha value is -0.930. The molecule has 0 amide bonds. The quantitative estimate of drug-likeness (QED) is 0.743. The van der Waals surface area contributed by atoms with Crippen LogP contribution in [0.5, 0.6) is 0 Å². The predicted octanol–water partition coefficient (Wildman–Crippen LogP) is 1.47. The largest absolute Gasteiger partial charge is 0.383 e. The SMILES string of the molecule is COC[C@@H](N)c1ccc(F)cc1. The van der Waals surface area contributed by atoms with Gasteiger partial charge in [-0.2, -0.15) is 0 Å². The molecule has 0 bridgehead atoms. The van der Waals surface area contributed by atoms with E-state index >= 15 is 0 Å². The number of rotatable bonds is 3. The summed E-state index contributed by atoms with van der Waals surface area (Å²) < 4.78 is 17.3. The van der Waals surface area contributed by atoms with E-state index in [0.29, 0.717) is 6.61 Å². The lowest BCUT2D eigenvalue weighted by molar-refractivity contribution is 0.181. The second-order valence-corrected chi connectivity index (χ2v) is 2.61. The number of halogens is 1. The molecule has 0 saturated heterocycles. The molecule has 0 unspecified atom stereocenters. The number of benzene rings is 1. The van der Waals surface area contributed by atoms with Gasteiger partial charge in [-0.3, -0.25) is 0 Å². The number of methoxy groups -OCH3 is 1. The molecule has 0 spiro atoms. The Kier molecular flexibility index (Phi) is 3.19.